The summed E-state index contributed by atoms with van der Waals surface area (Å²) in [6.45, 7) is 10.0. The van der Waals surface area contributed by atoms with Crippen molar-refractivity contribution in [2.75, 3.05) is 30.0 Å². The van der Waals surface area contributed by atoms with Crippen LogP contribution in [0.3, 0.4) is 0 Å². The van der Waals surface area contributed by atoms with Gasteiger partial charge in [-0.3, -0.25) is 0 Å². The summed E-state index contributed by atoms with van der Waals surface area (Å²) >= 11 is 0. The van der Waals surface area contributed by atoms with Crippen LogP contribution in [0.2, 0.25) is 0 Å². The third kappa shape index (κ3) is 4.33. The molecule has 0 aliphatic carbocycles. The van der Waals surface area contributed by atoms with Gasteiger partial charge in [-0.25, -0.2) is 19.9 Å². The zero-order chi connectivity index (χ0) is 19.6. The van der Waals surface area contributed by atoms with Gasteiger partial charge in [0, 0.05) is 44.2 Å². The second-order valence-corrected chi connectivity index (χ2v) is 7.19. The average Bonchev–Trinajstić information content (AvgIpc) is 2.61. The van der Waals surface area contributed by atoms with Crippen LogP contribution in [0.5, 0.6) is 0 Å². The van der Waals surface area contributed by atoms with Crippen molar-refractivity contribution in [1.82, 2.24) is 19.9 Å². The van der Waals surface area contributed by atoms with Crippen LogP contribution in [-0.4, -0.2) is 57.3 Å². The number of aromatic nitrogens is 4. The topological polar surface area (TPSA) is 87.5 Å². The van der Waals surface area contributed by atoms with Crippen molar-refractivity contribution in [3.8, 4) is 0 Å². The molecule has 3 heterocycles. The number of nitrogens with zero attached hydrogens (tertiary/aromatic N) is 6. The number of anilines is 2. The van der Waals surface area contributed by atoms with E-state index >= 15 is 0 Å². The molecule has 0 aromatic carbocycles. The number of ether oxygens (including phenoxy) is 1. The largest absolute Gasteiger partial charge is 0.385 e. The Morgan fingerprint density at radius 3 is 2.56 bits per heavy atom. The second kappa shape index (κ2) is 8.14. The maximum atomic E-state index is 9.76. The van der Waals surface area contributed by atoms with Crippen LogP contribution < -0.4 is 9.80 Å². The zero-order valence-electron chi connectivity index (χ0n) is 16.6. The van der Waals surface area contributed by atoms with Crippen LogP contribution in [0.15, 0.2) is 18.3 Å². The molecule has 2 aromatic rings. The molecule has 0 saturated carbocycles. The monoisotopic (exact) mass is 372 g/mol. The van der Waals surface area contributed by atoms with Crippen LogP contribution >= 0.6 is 0 Å². The molecule has 8 nitrogen and oxygen atoms in total. The Kier molecular flexibility index (Phi) is 5.86. The number of aliphatic hydroxyl groups is 1. The Morgan fingerprint density at radius 1 is 1.22 bits per heavy atom. The third-order valence-electron chi connectivity index (χ3n) is 4.69. The molecule has 0 bridgehead atoms. The molecule has 1 aliphatic heterocycles. The molecule has 1 aliphatic rings. The first-order chi connectivity index (χ1) is 12.9. The predicted molar refractivity (Wildman–Crippen MR) is 104 cm³/mol. The molecule has 146 valence electrons. The molecule has 3 atom stereocenters. The van der Waals surface area contributed by atoms with Crippen molar-refractivity contribution in [3.63, 3.8) is 0 Å². The SMILES string of the molecule is COCc1cc(C)nc(N2[C@H](C)CN(c3ccnc([C@@H](C)O)n3)C[C@@H]2C)n1. The summed E-state index contributed by atoms with van der Waals surface area (Å²) in [5.41, 5.74) is 1.82. The summed E-state index contributed by atoms with van der Waals surface area (Å²) in [5, 5.41) is 9.76. The minimum atomic E-state index is -0.680. The quantitative estimate of drug-likeness (QED) is 0.851. The molecule has 2 aromatic heterocycles. The Bertz CT molecular complexity index is 773. The number of hydrogen-bond acceptors (Lipinski definition) is 8. The molecule has 3 rings (SSSR count). The van der Waals surface area contributed by atoms with Crippen LogP contribution in [0.1, 0.15) is 44.1 Å². The van der Waals surface area contributed by atoms with Gasteiger partial charge in [0.2, 0.25) is 5.95 Å². The molecule has 0 unspecified atom stereocenters. The normalized spacial score (nSPS) is 21.4. The molecular formula is C19H28N6O2. The first-order valence-electron chi connectivity index (χ1n) is 9.26. The maximum absolute atomic E-state index is 9.76. The molecule has 0 spiro atoms. The lowest BCUT2D eigenvalue weighted by atomic mass is 10.1. The van der Waals surface area contributed by atoms with Gasteiger partial charge in [0.25, 0.3) is 0 Å². The highest BCUT2D eigenvalue weighted by molar-refractivity contribution is 5.45. The van der Waals surface area contributed by atoms with Gasteiger partial charge in [-0.2, -0.15) is 0 Å². The highest BCUT2D eigenvalue weighted by atomic mass is 16.5. The molecule has 27 heavy (non-hydrogen) atoms. The van der Waals surface area contributed by atoms with E-state index in [1.165, 1.54) is 0 Å². The fraction of sp³-hybridized carbons (Fsp3) is 0.579. The second-order valence-electron chi connectivity index (χ2n) is 7.19. The highest BCUT2D eigenvalue weighted by Gasteiger charge is 2.32. The summed E-state index contributed by atoms with van der Waals surface area (Å²) < 4.78 is 5.23. The van der Waals surface area contributed by atoms with Crippen LogP contribution in [0.25, 0.3) is 0 Å². The van der Waals surface area contributed by atoms with Gasteiger partial charge in [-0.05, 0) is 39.8 Å². The summed E-state index contributed by atoms with van der Waals surface area (Å²) in [6.07, 6.45) is 1.02. The van der Waals surface area contributed by atoms with E-state index in [-0.39, 0.29) is 12.1 Å². The van der Waals surface area contributed by atoms with Crippen LogP contribution in [-0.2, 0) is 11.3 Å². The van der Waals surface area contributed by atoms with E-state index in [4.69, 9.17) is 9.72 Å². The smallest absolute Gasteiger partial charge is 0.226 e. The molecule has 1 saturated heterocycles. The number of aliphatic hydroxyl groups excluding tert-OH is 1. The van der Waals surface area contributed by atoms with Gasteiger partial charge in [0.05, 0.1) is 12.3 Å². The molecule has 1 N–H and O–H groups in total. The number of methoxy groups -OCH3 is 1. The van der Waals surface area contributed by atoms with Crippen molar-refractivity contribution in [2.24, 2.45) is 0 Å². The molecule has 8 heteroatoms. The average molecular weight is 372 g/mol. The van der Waals surface area contributed by atoms with Crippen LogP contribution in [0.4, 0.5) is 11.8 Å². The van der Waals surface area contributed by atoms with Gasteiger partial charge < -0.3 is 19.6 Å². The highest BCUT2D eigenvalue weighted by Crippen LogP contribution is 2.25. The van der Waals surface area contributed by atoms with Crippen molar-refractivity contribution in [1.29, 1.82) is 0 Å². The number of hydrogen-bond donors (Lipinski definition) is 1. The summed E-state index contributed by atoms with van der Waals surface area (Å²) in [7, 11) is 1.67. The Balaban J connectivity index is 1.82. The van der Waals surface area contributed by atoms with Crippen molar-refractivity contribution in [3.05, 3.63) is 35.5 Å². The van der Waals surface area contributed by atoms with E-state index in [1.54, 1.807) is 20.2 Å². The van der Waals surface area contributed by atoms with E-state index in [2.05, 4.69) is 38.6 Å². The number of rotatable bonds is 5. The zero-order valence-corrected chi connectivity index (χ0v) is 16.6. The minimum Gasteiger partial charge on any atom is -0.385 e. The lowest BCUT2D eigenvalue weighted by molar-refractivity contribution is 0.181. The standard InChI is InChI=1S/C19H28N6O2/c1-12-8-16(11-27-5)22-19(21-12)25-13(2)9-24(10-14(25)3)17-6-7-20-18(23-17)15(4)26/h6-8,13-15,26H,9-11H2,1-5H3/t13-,14+,15-/m1/s1. The summed E-state index contributed by atoms with van der Waals surface area (Å²) in [6, 6.07) is 4.25. The summed E-state index contributed by atoms with van der Waals surface area (Å²) in [5.74, 6) is 2.03. The minimum absolute atomic E-state index is 0.205. The lowest BCUT2D eigenvalue weighted by Crippen LogP contribution is -2.58. The van der Waals surface area contributed by atoms with E-state index in [1.807, 2.05) is 19.1 Å². The van der Waals surface area contributed by atoms with E-state index in [0.29, 0.717) is 12.4 Å². The number of aryl methyl sites for hydroxylation is 1. The first kappa shape index (κ1) is 19.4. The maximum Gasteiger partial charge on any atom is 0.226 e. The van der Waals surface area contributed by atoms with Crippen molar-refractivity contribution in [2.45, 2.75) is 52.5 Å². The Hall–Kier alpha value is -2.32. The van der Waals surface area contributed by atoms with E-state index < -0.39 is 6.10 Å². The fourth-order valence-electron chi connectivity index (χ4n) is 3.60. The Morgan fingerprint density at radius 2 is 1.93 bits per heavy atom. The molecule has 1 fully saturated rings. The molecule has 0 radical (unpaired) electrons. The van der Waals surface area contributed by atoms with Gasteiger partial charge >= 0.3 is 0 Å². The van der Waals surface area contributed by atoms with E-state index in [9.17, 15) is 5.11 Å². The number of piperazine rings is 1. The van der Waals surface area contributed by atoms with Crippen LogP contribution in [0, 0.1) is 6.92 Å². The molecular weight excluding hydrogens is 344 g/mol. The van der Waals surface area contributed by atoms with Gasteiger partial charge in [-0.1, -0.05) is 0 Å². The third-order valence-corrected chi connectivity index (χ3v) is 4.69. The molecule has 0 amide bonds. The first-order valence-corrected chi connectivity index (χ1v) is 9.26. The summed E-state index contributed by atoms with van der Waals surface area (Å²) in [4.78, 5) is 22.5. The van der Waals surface area contributed by atoms with E-state index in [0.717, 1.165) is 36.2 Å². The van der Waals surface area contributed by atoms with Gasteiger partial charge in [0.1, 0.15) is 11.9 Å². The van der Waals surface area contributed by atoms with Crippen molar-refractivity contribution >= 4 is 11.8 Å². The fourth-order valence-corrected chi connectivity index (χ4v) is 3.60. The van der Waals surface area contributed by atoms with Crippen molar-refractivity contribution < 1.29 is 9.84 Å². The van der Waals surface area contributed by atoms with Gasteiger partial charge in [-0.15, -0.1) is 0 Å². The predicted octanol–water partition coefficient (Wildman–Crippen LogP) is 1.88. The lowest BCUT2D eigenvalue weighted by Gasteiger charge is -2.45. The Labute approximate surface area is 160 Å². The van der Waals surface area contributed by atoms with Gasteiger partial charge in [0.15, 0.2) is 5.82 Å².